The van der Waals surface area contributed by atoms with E-state index in [1.54, 1.807) is 31.2 Å². The lowest BCUT2D eigenvalue weighted by molar-refractivity contribution is -0.155. The Morgan fingerprint density at radius 1 is 1.00 bits per heavy atom. The van der Waals surface area contributed by atoms with E-state index in [9.17, 15) is 19.5 Å². The first-order valence-electron chi connectivity index (χ1n) is 8.40. The van der Waals surface area contributed by atoms with Crippen LogP contribution in [0.5, 0.6) is 0 Å². The lowest BCUT2D eigenvalue weighted by Crippen LogP contribution is -2.51. The first-order chi connectivity index (χ1) is 12.5. The van der Waals surface area contributed by atoms with Crippen molar-refractivity contribution in [2.24, 2.45) is 0 Å². The van der Waals surface area contributed by atoms with Gasteiger partial charge >= 0.3 is 5.97 Å². The molecule has 0 aliphatic carbocycles. The van der Waals surface area contributed by atoms with E-state index in [2.05, 4.69) is 0 Å². The maximum absolute atomic E-state index is 12.8. The number of carbonyl (C=O) groups is 3. The van der Waals surface area contributed by atoms with Crippen LogP contribution in [-0.2, 0) is 16.0 Å². The van der Waals surface area contributed by atoms with Crippen molar-refractivity contribution in [3.05, 3.63) is 71.3 Å². The highest BCUT2D eigenvalue weighted by Crippen LogP contribution is 2.27. The molecule has 2 atom stereocenters. The Morgan fingerprint density at radius 2 is 1.54 bits per heavy atom. The van der Waals surface area contributed by atoms with Gasteiger partial charge < -0.3 is 9.84 Å². The van der Waals surface area contributed by atoms with Crippen molar-refractivity contribution < 1.29 is 24.2 Å². The standard InChI is InChI=1S/C20H19NO5/c1-2-26-20(25)17(22)16(12-13-8-4-3-5-9-13)21-18(23)14-10-6-7-11-15(14)19(21)24/h3-11,16-17,22H,2,12H2,1H3/t16-,17+/m0/s1. The first kappa shape index (κ1) is 17.8. The minimum atomic E-state index is -1.63. The molecule has 2 aromatic carbocycles. The molecule has 0 unspecified atom stereocenters. The summed E-state index contributed by atoms with van der Waals surface area (Å²) in [5, 5.41) is 10.5. The highest BCUT2D eigenvalue weighted by molar-refractivity contribution is 6.21. The molecule has 1 aliphatic heterocycles. The van der Waals surface area contributed by atoms with Gasteiger partial charge in [-0.3, -0.25) is 14.5 Å². The van der Waals surface area contributed by atoms with E-state index in [1.807, 2.05) is 30.3 Å². The van der Waals surface area contributed by atoms with E-state index in [-0.39, 0.29) is 24.2 Å². The van der Waals surface area contributed by atoms with Crippen molar-refractivity contribution in [3.63, 3.8) is 0 Å². The van der Waals surface area contributed by atoms with Crippen LogP contribution in [0.25, 0.3) is 0 Å². The number of rotatable bonds is 6. The van der Waals surface area contributed by atoms with Gasteiger partial charge in [0, 0.05) is 0 Å². The minimum absolute atomic E-state index is 0.0933. The molecule has 1 heterocycles. The van der Waals surface area contributed by atoms with E-state index in [4.69, 9.17) is 4.74 Å². The van der Waals surface area contributed by atoms with Gasteiger partial charge in [-0.15, -0.1) is 0 Å². The molecule has 6 nitrogen and oxygen atoms in total. The molecule has 0 spiro atoms. The van der Waals surface area contributed by atoms with Gasteiger partial charge in [-0.1, -0.05) is 42.5 Å². The summed E-state index contributed by atoms with van der Waals surface area (Å²) in [6, 6.07) is 14.5. The molecule has 0 fully saturated rings. The summed E-state index contributed by atoms with van der Waals surface area (Å²) < 4.78 is 4.89. The highest BCUT2D eigenvalue weighted by Gasteiger charge is 2.44. The number of ether oxygens (including phenoxy) is 1. The van der Waals surface area contributed by atoms with Crippen molar-refractivity contribution in [2.75, 3.05) is 6.61 Å². The molecule has 2 amide bonds. The quantitative estimate of drug-likeness (QED) is 0.633. The van der Waals surface area contributed by atoms with E-state index >= 15 is 0 Å². The predicted molar refractivity (Wildman–Crippen MR) is 93.5 cm³/mol. The number of nitrogens with zero attached hydrogens (tertiary/aromatic N) is 1. The number of aliphatic hydroxyl groups excluding tert-OH is 1. The summed E-state index contributed by atoms with van der Waals surface area (Å²) in [6.45, 7) is 1.72. The van der Waals surface area contributed by atoms with Gasteiger partial charge in [-0.05, 0) is 31.0 Å². The molecule has 1 N–H and O–H groups in total. The zero-order valence-electron chi connectivity index (χ0n) is 14.3. The van der Waals surface area contributed by atoms with Gasteiger partial charge in [-0.25, -0.2) is 4.79 Å². The van der Waals surface area contributed by atoms with Crippen molar-refractivity contribution in [1.82, 2.24) is 4.90 Å². The molecule has 0 saturated carbocycles. The molecule has 0 bridgehead atoms. The summed E-state index contributed by atoms with van der Waals surface area (Å²) in [7, 11) is 0. The number of imide groups is 1. The SMILES string of the molecule is CCOC(=O)[C@H](O)[C@H](Cc1ccccc1)N1C(=O)c2ccccc2C1=O. The van der Waals surface area contributed by atoms with Gasteiger partial charge in [-0.2, -0.15) is 0 Å². The van der Waals surface area contributed by atoms with Crippen molar-refractivity contribution in [3.8, 4) is 0 Å². The number of esters is 1. The maximum atomic E-state index is 12.8. The monoisotopic (exact) mass is 353 g/mol. The van der Waals surface area contributed by atoms with Crippen LogP contribution in [0.15, 0.2) is 54.6 Å². The number of hydrogen-bond donors (Lipinski definition) is 1. The largest absolute Gasteiger partial charge is 0.464 e. The van der Waals surface area contributed by atoms with Crippen molar-refractivity contribution in [1.29, 1.82) is 0 Å². The average molecular weight is 353 g/mol. The fourth-order valence-electron chi connectivity index (χ4n) is 3.09. The predicted octanol–water partition coefficient (Wildman–Crippen LogP) is 1.82. The number of aliphatic hydroxyl groups is 1. The molecule has 6 heteroatoms. The zero-order valence-corrected chi connectivity index (χ0v) is 14.3. The fourth-order valence-corrected chi connectivity index (χ4v) is 3.09. The third-order valence-corrected chi connectivity index (χ3v) is 4.34. The van der Waals surface area contributed by atoms with Gasteiger partial charge in [0.2, 0.25) is 0 Å². The summed E-state index contributed by atoms with van der Waals surface area (Å²) in [5.41, 5.74) is 1.33. The molecule has 0 radical (unpaired) electrons. The van der Waals surface area contributed by atoms with E-state index in [0.29, 0.717) is 0 Å². The second-order valence-corrected chi connectivity index (χ2v) is 5.98. The highest BCUT2D eigenvalue weighted by atomic mass is 16.5. The molecule has 2 aromatic rings. The lowest BCUT2D eigenvalue weighted by atomic mass is 9.99. The normalized spacial score (nSPS) is 15.5. The molecule has 1 aliphatic rings. The molecule has 0 saturated heterocycles. The third kappa shape index (κ3) is 3.23. The number of hydrogen-bond acceptors (Lipinski definition) is 5. The Balaban J connectivity index is 1.97. The number of amides is 2. The smallest absolute Gasteiger partial charge is 0.337 e. The molecule has 0 aromatic heterocycles. The molecule has 3 rings (SSSR count). The molecular formula is C20H19NO5. The van der Waals surface area contributed by atoms with Crippen LogP contribution >= 0.6 is 0 Å². The topological polar surface area (TPSA) is 83.9 Å². The number of fused-ring (bicyclic) bond motifs is 1. The van der Waals surface area contributed by atoms with Gasteiger partial charge in [0.05, 0.1) is 23.8 Å². The number of carbonyl (C=O) groups excluding carboxylic acids is 3. The number of benzene rings is 2. The van der Waals surface area contributed by atoms with E-state index < -0.39 is 29.9 Å². The summed E-state index contributed by atoms with van der Waals surface area (Å²) in [6.07, 6.45) is -1.48. The van der Waals surface area contributed by atoms with Gasteiger partial charge in [0.1, 0.15) is 0 Å². The zero-order chi connectivity index (χ0) is 18.7. The third-order valence-electron chi connectivity index (χ3n) is 4.34. The maximum Gasteiger partial charge on any atom is 0.337 e. The fraction of sp³-hybridized carbons (Fsp3) is 0.250. The summed E-state index contributed by atoms with van der Waals surface area (Å²) >= 11 is 0. The summed E-state index contributed by atoms with van der Waals surface area (Å²) in [5.74, 6) is -1.89. The Bertz CT molecular complexity index is 798. The van der Waals surface area contributed by atoms with Gasteiger partial charge in [0.25, 0.3) is 11.8 Å². The Kier molecular flexibility index (Phi) is 5.14. The van der Waals surface area contributed by atoms with Crippen LogP contribution in [0.2, 0.25) is 0 Å². The average Bonchev–Trinajstić information content (AvgIpc) is 2.91. The molecule has 26 heavy (non-hydrogen) atoms. The van der Waals surface area contributed by atoms with Crippen LogP contribution in [0, 0.1) is 0 Å². The second kappa shape index (κ2) is 7.49. The first-order valence-corrected chi connectivity index (χ1v) is 8.40. The van der Waals surface area contributed by atoms with Crippen molar-refractivity contribution >= 4 is 17.8 Å². The Morgan fingerprint density at radius 3 is 2.08 bits per heavy atom. The Labute approximate surface area is 151 Å². The van der Waals surface area contributed by atoms with Crippen LogP contribution in [-0.4, -0.2) is 46.5 Å². The second-order valence-electron chi connectivity index (χ2n) is 5.98. The van der Waals surface area contributed by atoms with Crippen molar-refractivity contribution in [2.45, 2.75) is 25.5 Å². The van der Waals surface area contributed by atoms with Gasteiger partial charge in [0.15, 0.2) is 6.10 Å². The summed E-state index contributed by atoms with van der Waals surface area (Å²) in [4.78, 5) is 38.6. The lowest BCUT2D eigenvalue weighted by Gasteiger charge is -2.29. The molecule has 134 valence electrons. The van der Waals surface area contributed by atoms with E-state index in [0.717, 1.165) is 10.5 Å². The van der Waals surface area contributed by atoms with Crippen LogP contribution in [0.4, 0.5) is 0 Å². The van der Waals surface area contributed by atoms with Crippen LogP contribution in [0.3, 0.4) is 0 Å². The van der Waals surface area contributed by atoms with Crippen LogP contribution < -0.4 is 0 Å². The van der Waals surface area contributed by atoms with Crippen LogP contribution in [0.1, 0.15) is 33.2 Å². The Hall–Kier alpha value is -2.99. The molecular weight excluding hydrogens is 334 g/mol. The van der Waals surface area contributed by atoms with E-state index in [1.165, 1.54) is 0 Å². The minimum Gasteiger partial charge on any atom is -0.464 e.